The van der Waals surface area contributed by atoms with Crippen LogP contribution in [0.3, 0.4) is 0 Å². The van der Waals surface area contributed by atoms with E-state index in [0.717, 1.165) is 35.4 Å². The highest BCUT2D eigenvalue weighted by molar-refractivity contribution is 7.98. The maximum atomic E-state index is 9.09. The van der Waals surface area contributed by atoms with E-state index in [4.69, 9.17) is 16.9 Å². The number of benzene rings is 2. The topological polar surface area (TPSA) is 57.7 Å². The quantitative estimate of drug-likeness (QED) is 0.587. The van der Waals surface area contributed by atoms with Gasteiger partial charge in [0.05, 0.1) is 17.3 Å². The van der Waals surface area contributed by atoms with E-state index in [1.165, 1.54) is 12.8 Å². The van der Waals surface area contributed by atoms with Crippen molar-refractivity contribution in [1.82, 2.24) is 14.8 Å². The number of anilines is 1. The van der Waals surface area contributed by atoms with Crippen LogP contribution >= 0.6 is 23.4 Å². The first-order valence-electron chi connectivity index (χ1n) is 8.83. The van der Waals surface area contributed by atoms with E-state index < -0.39 is 0 Å². The van der Waals surface area contributed by atoms with Crippen LogP contribution in [0.1, 0.15) is 24.0 Å². The number of thioether (sulfide) groups is 1. The largest absolute Gasteiger partial charge is 0.341 e. The molecule has 1 aliphatic heterocycles. The molecule has 0 aliphatic carbocycles. The van der Waals surface area contributed by atoms with E-state index in [0.29, 0.717) is 16.3 Å². The average Bonchev–Trinajstić information content (AvgIpc) is 3.36. The monoisotopic (exact) mass is 395 g/mol. The average molecular weight is 396 g/mol. The molecule has 0 N–H and O–H groups in total. The van der Waals surface area contributed by atoms with Gasteiger partial charge in [0, 0.05) is 23.9 Å². The number of aromatic nitrogens is 3. The second kappa shape index (κ2) is 8.03. The predicted molar refractivity (Wildman–Crippen MR) is 109 cm³/mol. The molecule has 27 heavy (non-hydrogen) atoms. The molecule has 0 spiro atoms. The minimum atomic E-state index is 0.669. The summed E-state index contributed by atoms with van der Waals surface area (Å²) in [6, 6.07) is 17.6. The fourth-order valence-electron chi connectivity index (χ4n) is 3.20. The van der Waals surface area contributed by atoms with Gasteiger partial charge in [-0.25, -0.2) is 0 Å². The van der Waals surface area contributed by atoms with Crippen molar-refractivity contribution in [3.63, 3.8) is 0 Å². The number of nitriles is 1. The summed E-state index contributed by atoms with van der Waals surface area (Å²) >= 11 is 7.84. The second-order valence-corrected chi connectivity index (χ2v) is 7.77. The van der Waals surface area contributed by atoms with Crippen molar-refractivity contribution in [3.05, 3.63) is 64.7 Å². The molecule has 0 saturated carbocycles. The van der Waals surface area contributed by atoms with Crippen LogP contribution in [0.25, 0.3) is 5.69 Å². The van der Waals surface area contributed by atoms with Crippen LogP contribution in [0.4, 0.5) is 5.95 Å². The number of hydrogen-bond donors (Lipinski definition) is 0. The fraction of sp³-hybridized carbons (Fsp3) is 0.250. The molecule has 5 nitrogen and oxygen atoms in total. The van der Waals surface area contributed by atoms with Crippen LogP contribution in [0.2, 0.25) is 5.02 Å². The van der Waals surface area contributed by atoms with Gasteiger partial charge >= 0.3 is 0 Å². The lowest BCUT2D eigenvalue weighted by Gasteiger charge is -2.18. The first kappa shape index (κ1) is 17.9. The summed E-state index contributed by atoms with van der Waals surface area (Å²) in [5.41, 5.74) is 2.72. The van der Waals surface area contributed by atoms with Gasteiger partial charge in [0.2, 0.25) is 5.95 Å². The highest BCUT2D eigenvalue weighted by Gasteiger charge is 2.22. The lowest BCUT2D eigenvalue weighted by Crippen LogP contribution is -2.22. The number of rotatable bonds is 5. The van der Waals surface area contributed by atoms with Gasteiger partial charge in [-0.1, -0.05) is 41.6 Å². The van der Waals surface area contributed by atoms with Crippen LogP contribution in [0, 0.1) is 11.3 Å². The standard InChI is InChI=1S/C20H18ClN5S/c21-17-7-4-8-18(12-17)26-19(25-9-1-2-10-25)23-24-20(26)27-14-16-6-3-5-15(11-16)13-22/h3-8,11-12H,1-2,9-10,14H2. The van der Waals surface area contributed by atoms with Gasteiger partial charge in [-0.15, -0.1) is 10.2 Å². The molecule has 0 radical (unpaired) electrons. The highest BCUT2D eigenvalue weighted by Crippen LogP contribution is 2.31. The molecular weight excluding hydrogens is 378 g/mol. The molecule has 3 aromatic rings. The van der Waals surface area contributed by atoms with Crippen LogP contribution in [-0.4, -0.2) is 27.9 Å². The Morgan fingerprint density at radius 2 is 1.89 bits per heavy atom. The molecule has 7 heteroatoms. The summed E-state index contributed by atoms with van der Waals surface area (Å²) in [5.74, 6) is 1.58. The third kappa shape index (κ3) is 3.95. The molecule has 4 rings (SSSR count). The van der Waals surface area contributed by atoms with Gasteiger partial charge in [-0.2, -0.15) is 5.26 Å². The zero-order chi connectivity index (χ0) is 18.6. The van der Waals surface area contributed by atoms with Crippen LogP contribution in [0.5, 0.6) is 0 Å². The van der Waals surface area contributed by atoms with Crippen LogP contribution in [0.15, 0.2) is 53.7 Å². The molecule has 2 heterocycles. The minimum absolute atomic E-state index is 0.669. The summed E-state index contributed by atoms with van der Waals surface area (Å²) in [4.78, 5) is 2.27. The molecule has 0 unspecified atom stereocenters. The summed E-state index contributed by atoms with van der Waals surface area (Å²) < 4.78 is 2.08. The number of hydrogen-bond acceptors (Lipinski definition) is 5. The zero-order valence-electron chi connectivity index (χ0n) is 14.7. The van der Waals surface area contributed by atoms with Crippen molar-refractivity contribution in [2.24, 2.45) is 0 Å². The molecular formula is C20H18ClN5S. The first-order chi connectivity index (χ1) is 13.2. The third-order valence-electron chi connectivity index (χ3n) is 4.50. The molecule has 1 aliphatic rings. The Morgan fingerprint density at radius 1 is 1.07 bits per heavy atom. The van der Waals surface area contributed by atoms with E-state index in [-0.39, 0.29) is 0 Å². The predicted octanol–water partition coefficient (Wildman–Crippen LogP) is 4.68. The summed E-state index contributed by atoms with van der Waals surface area (Å²) in [6.45, 7) is 1.99. The van der Waals surface area contributed by atoms with E-state index >= 15 is 0 Å². The highest BCUT2D eigenvalue weighted by atomic mass is 35.5. The molecule has 1 aromatic heterocycles. The second-order valence-electron chi connectivity index (χ2n) is 6.39. The Morgan fingerprint density at radius 3 is 2.67 bits per heavy atom. The number of nitrogens with zero attached hydrogens (tertiary/aromatic N) is 5. The van der Waals surface area contributed by atoms with Gasteiger partial charge in [-0.05, 0) is 48.7 Å². The summed E-state index contributed by atoms with van der Waals surface area (Å²) in [5, 5.41) is 19.5. The zero-order valence-corrected chi connectivity index (χ0v) is 16.2. The lowest BCUT2D eigenvalue weighted by molar-refractivity contribution is 0.841. The van der Waals surface area contributed by atoms with Crippen LogP contribution < -0.4 is 4.90 Å². The molecule has 1 saturated heterocycles. The van der Waals surface area contributed by atoms with Gasteiger partial charge < -0.3 is 4.90 Å². The van der Waals surface area contributed by atoms with E-state index in [1.807, 2.05) is 48.5 Å². The Labute approximate surface area is 167 Å². The van der Waals surface area contributed by atoms with Crippen molar-refractivity contribution in [3.8, 4) is 11.8 Å². The van der Waals surface area contributed by atoms with Gasteiger partial charge in [0.15, 0.2) is 5.16 Å². The molecule has 0 amide bonds. The van der Waals surface area contributed by atoms with Gasteiger partial charge in [0.1, 0.15) is 0 Å². The molecule has 0 bridgehead atoms. The van der Waals surface area contributed by atoms with Crippen LogP contribution in [-0.2, 0) is 5.75 Å². The van der Waals surface area contributed by atoms with Crippen molar-refractivity contribution < 1.29 is 0 Å². The molecule has 0 atom stereocenters. The smallest absolute Gasteiger partial charge is 0.232 e. The molecule has 2 aromatic carbocycles. The molecule has 1 fully saturated rings. The maximum Gasteiger partial charge on any atom is 0.232 e. The Balaban J connectivity index is 1.66. The van der Waals surface area contributed by atoms with Gasteiger partial charge in [0.25, 0.3) is 0 Å². The SMILES string of the molecule is N#Cc1cccc(CSc2nnc(N3CCCC3)n2-c2cccc(Cl)c2)c1. The maximum absolute atomic E-state index is 9.09. The van der Waals surface area contributed by atoms with Gasteiger partial charge in [-0.3, -0.25) is 4.57 Å². The minimum Gasteiger partial charge on any atom is -0.341 e. The normalized spacial score (nSPS) is 13.7. The Bertz CT molecular complexity index is 988. The number of halogens is 1. The fourth-order valence-corrected chi connectivity index (χ4v) is 4.27. The lowest BCUT2D eigenvalue weighted by atomic mass is 10.2. The Hall–Kier alpha value is -2.49. The van der Waals surface area contributed by atoms with Crippen molar-refractivity contribution in [1.29, 1.82) is 5.26 Å². The van der Waals surface area contributed by atoms with Crippen molar-refractivity contribution in [2.45, 2.75) is 23.8 Å². The summed E-state index contributed by atoms with van der Waals surface area (Å²) in [7, 11) is 0. The van der Waals surface area contributed by atoms with Crippen molar-refractivity contribution in [2.75, 3.05) is 18.0 Å². The third-order valence-corrected chi connectivity index (χ3v) is 5.73. The Kier molecular flexibility index (Phi) is 5.33. The van der Waals surface area contributed by atoms with E-state index in [9.17, 15) is 0 Å². The summed E-state index contributed by atoms with van der Waals surface area (Å²) in [6.07, 6.45) is 2.34. The van der Waals surface area contributed by atoms with Crippen molar-refractivity contribution >= 4 is 29.3 Å². The van der Waals surface area contributed by atoms with E-state index in [2.05, 4.69) is 25.7 Å². The first-order valence-corrected chi connectivity index (χ1v) is 10.2. The van der Waals surface area contributed by atoms with E-state index in [1.54, 1.807) is 11.8 Å². The molecule has 136 valence electrons.